The molecule has 22 heavy (non-hydrogen) atoms. The molecule has 1 aromatic carbocycles. The number of amides is 1. The van der Waals surface area contributed by atoms with Crippen molar-refractivity contribution in [3.8, 4) is 11.5 Å². The van der Waals surface area contributed by atoms with Crippen molar-refractivity contribution in [1.82, 2.24) is 5.32 Å². The predicted molar refractivity (Wildman–Crippen MR) is 95.5 cm³/mol. The average Bonchev–Trinajstić information content (AvgIpc) is 2.41. The second kappa shape index (κ2) is 8.26. The first-order chi connectivity index (χ1) is 10.3. The molecule has 5 nitrogen and oxygen atoms in total. The van der Waals surface area contributed by atoms with E-state index in [1.807, 2.05) is 45.1 Å². The summed E-state index contributed by atoms with van der Waals surface area (Å²) >= 11 is 2.19. The molecule has 0 spiro atoms. The second-order valence-electron chi connectivity index (χ2n) is 5.52. The van der Waals surface area contributed by atoms with Crippen molar-refractivity contribution in [1.29, 1.82) is 0 Å². The van der Waals surface area contributed by atoms with Crippen LogP contribution in [0.15, 0.2) is 18.2 Å². The van der Waals surface area contributed by atoms with Crippen molar-refractivity contribution in [3.63, 3.8) is 0 Å². The molecule has 1 N–H and O–H groups in total. The molecule has 0 aliphatic carbocycles. The van der Waals surface area contributed by atoms with Gasteiger partial charge in [-0.25, -0.2) is 4.79 Å². The van der Waals surface area contributed by atoms with Gasteiger partial charge in [0, 0.05) is 6.54 Å². The van der Waals surface area contributed by atoms with Gasteiger partial charge in [0.05, 0.1) is 17.8 Å². The molecule has 0 fully saturated rings. The van der Waals surface area contributed by atoms with Gasteiger partial charge in [-0.15, -0.1) is 0 Å². The Bertz CT molecular complexity index is 550. The van der Waals surface area contributed by atoms with E-state index in [1.165, 1.54) is 0 Å². The van der Waals surface area contributed by atoms with Gasteiger partial charge in [-0.2, -0.15) is 0 Å². The van der Waals surface area contributed by atoms with Crippen LogP contribution in [0.1, 0.15) is 26.3 Å². The fourth-order valence-electron chi connectivity index (χ4n) is 1.69. The molecule has 1 aromatic rings. The van der Waals surface area contributed by atoms with Crippen LogP contribution >= 0.6 is 22.6 Å². The van der Waals surface area contributed by atoms with Crippen LogP contribution in [0.4, 0.5) is 4.79 Å². The summed E-state index contributed by atoms with van der Waals surface area (Å²) in [5.74, 6) is 1.39. The number of methoxy groups -OCH3 is 2. The minimum absolute atomic E-state index is 0.389. The number of carbonyl (C=O) groups is 1. The third-order valence-electron chi connectivity index (χ3n) is 2.53. The summed E-state index contributed by atoms with van der Waals surface area (Å²) in [6.07, 6.45) is 3.32. The maximum atomic E-state index is 11.5. The van der Waals surface area contributed by atoms with Crippen molar-refractivity contribution >= 4 is 34.8 Å². The van der Waals surface area contributed by atoms with Gasteiger partial charge in [0.25, 0.3) is 0 Å². The SMILES string of the molecule is COc1cc(C=CCNC(=O)OC(C)(C)C)cc(I)c1OC. The molecular formula is C16H22INO4. The number of hydrogen-bond donors (Lipinski definition) is 1. The van der Waals surface area contributed by atoms with Gasteiger partial charge < -0.3 is 19.5 Å². The van der Waals surface area contributed by atoms with E-state index in [4.69, 9.17) is 14.2 Å². The molecule has 0 aliphatic heterocycles. The van der Waals surface area contributed by atoms with Gasteiger partial charge in [0.1, 0.15) is 5.60 Å². The first-order valence-corrected chi connectivity index (χ1v) is 7.89. The third-order valence-corrected chi connectivity index (χ3v) is 3.33. The highest BCUT2D eigenvalue weighted by atomic mass is 127. The van der Waals surface area contributed by atoms with Crippen molar-refractivity contribution in [2.45, 2.75) is 26.4 Å². The monoisotopic (exact) mass is 419 g/mol. The van der Waals surface area contributed by atoms with Gasteiger partial charge >= 0.3 is 6.09 Å². The number of rotatable bonds is 5. The molecule has 0 aliphatic rings. The second-order valence-corrected chi connectivity index (χ2v) is 6.69. The van der Waals surface area contributed by atoms with E-state index in [1.54, 1.807) is 14.2 Å². The summed E-state index contributed by atoms with van der Waals surface area (Å²) in [7, 11) is 3.21. The van der Waals surface area contributed by atoms with Crippen LogP contribution in [-0.4, -0.2) is 32.5 Å². The lowest BCUT2D eigenvalue weighted by Gasteiger charge is -2.19. The Hall–Kier alpha value is -1.44. The quantitative estimate of drug-likeness (QED) is 0.737. The normalized spacial score (nSPS) is 11.4. The maximum absolute atomic E-state index is 11.5. The minimum atomic E-state index is -0.493. The molecule has 0 heterocycles. The van der Waals surface area contributed by atoms with Crippen LogP contribution in [0.5, 0.6) is 11.5 Å². The standard InChI is InChI=1S/C16H22INO4/c1-16(2,3)22-15(19)18-8-6-7-11-9-12(17)14(21-5)13(10-11)20-4/h6-7,9-10H,8H2,1-5H3,(H,18,19). The lowest BCUT2D eigenvalue weighted by Crippen LogP contribution is -2.32. The van der Waals surface area contributed by atoms with Gasteiger partial charge in [0.15, 0.2) is 11.5 Å². The first-order valence-electron chi connectivity index (χ1n) is 6.81. The Labute approximate surface area is 145 Å². The lowest BCUT2D eigenvalue weighted by molar-refractivity contribution is 0.0534. The summed E-state index contributed by atoms with van der Waals surface area (Å²) in [6, 6.07) is 3.86. The molecular weight excluding hydrogens is 397 g/mol. The Kier molecular flexibility index (Phi) is 6.99. The third kappa shape index (κ3) is 6.13. The van der Waals surface area contributed by atoms with E-state index < -0.39 is 11.7 Å². The number of benzene rings is 1. The molecule has 0 atom stereocenters. The lowest BCUT2D eigenvalue weighted by atomic mass is 10.2. The number of alkyl carbamates (subject to hydrolysis) is 1. The number of nitrogens with one attached hydrogen (secondary N) is 1. The summed E-state index contributed by atoms with van der Waals surface area (Å²) < 4.78 is 16.7. The van der Waals surface area contributed by atoms with Crippen LogP contribution in [0.25, 0.3) is 6.08 Å². The molecule has 1 rings (SSSR count). The Morgan fingerprint density at radius 3 is 2.50 bits per heavy atom. The van der Waals surface area contributed by atoms with E-state index in [9.17, 15) is 4.79 Å². The van der Waals surface area contributed by atoms with E-state index in [0.29, 0.717) is 18.0 Å². The first kappa shape index (κ1) is 18.6. The van der Waals surface area contributed by atoms with Gasteiger partial charge in [-0.1, -0.05) is 12.2 Å². The highest BCUT2D eigenvalue weighted by Gasteiger charge is 2.15. The molecule has 0 aromatic heterocycles. The molecule has 6 heteroatoms. The maximum Gasteiger partial charge on any atom is 0.407 e. The van der Waals surface area contributed by atoms with E-state index in [-0.39, 0.29) is 0 Å². The van der Waals surface area contributed by atoms with Crippen LogP contribution in [0.2, 0.25) is 0 Å². The zero-order valence-electron chi connectivity index (χ0n) is 13.5. The van der Waals surface area contributed by atoms with Crippen molar-refractivity contribution < 1.29 is 19.0 Å². The number of carbonyl (C=O) groups excluding carboxylic acids is 1. The fraction of sp³-hybridized carbons (Fsp3) is 0.438. The fourth-order valence-corrected chi connectivity index (χ4v) is 2.53. The average molecular weight is 419 g/mol. The predicted octanol–water partition coefficient (Wildman–Crippen LogP) is 3.85. The number of hydrogen-bond acceptors (Lipinski definition) is 4. The van der Waals surface area contributed by atoms with E-state index in [2.05, 4.69) is 27.9 Å². The van der Waals surface area contributed by atoms with Crippen LogP contribution in [0.3, 0.4) is 0 Å². The van der Waals surface area contributed by atoms with Gasteiger partial charge in [0.2, 0.25) is 0 Å². The molecule has 0 unspecified atom stereocenters. The number of ether oxygens (including phenoxy) is 3. The molecule has 0 saturated heterocycles. The zero-order chi connectivity index (χ0) is 16.8. The zero-order valence-corrected chi connectivity index (χ0v) is 15.7. The molecule has 0 bridgehead atoms. The number of halogens is 1. The molecule has 0 saturated carbocycles. The van der Waals surface area contributed by atoms with Crippen molar-refractivity contribution in [3.05, 3.63) is 27.3 Å². The highest BCUT2D eigenvalue weighted by molar-refractivity contribution is 14.1. The Morgan fingerprint density at radius 2 is 1.95 bits per heavy atom. The highest BCUT2D eigenvalue weighted by Crippen LogP contribution is 2.33. The minimum Gasteiger partial charge on any atom is -0.493 e. The summed E-state index contributed by atoms with van der Waals surface area (Å²) in [4.78, 5) is 11.5. The summed E-state index contributed by atoms with van der Waals surface area (Å²) in [5.41, 5.74) is 0.473. The summed E-state index contributed by atoms with van der Waals surface area (Å²) in [6.45, 7) is 5.87. The van der Waals surface area contributed by atoms with Crippen LogP contribution < -0.4 is 14.8 Å². The molecule has 1 amide bonds. The van der Waals surface area contributed by atoms with E-state index in [0.717, 1.165) is 9.13 Å². The van der Waals surface area contributed by atoms with Crippen LogP contribution in [0, 0.1) is 3.57 Å². The smallest absolute Gasteiger partial charge is 0.407 e. The molecule has 0 radical (unpaired) electrons. The van der Waals surface area contributed by atoms with Gasteiger partial charge in [-0.3, -0.25) is 0 Å². The largest absolute Gasteiger partial charge is 0.493 e. The van der Waals surface area contributed by atoms with E-state index >= 15 is 0 Å². The molecule has 122 valence electrons. The van der Waals surface area contributed by atoms with Crippen LogP contribution in [-0.2, 0) is 4.74 Å². The Morgan fingerprint density at radius 1 is 1.27 bits per heavy atom. The van der Waals surface area contributed by atoms with Crippen molar-refractivity contribution in [2.24, 2.45) is 0 Å². The van der Waals surface area contributed by atoms with Crippen molar-refractivity contribution in [2.75, 3.05) is 20.8 Å². The topological polar surface area (TPSA) is 56.8 Å². The van der Waals surface area contributed by atoms with Gasteiger partial charge in [-0.05, 0) is 61.1 Å². The Balaban J connectivity index is 2.64. The summed E-state index contributed by atoms with van der Waals surface area (Å²) in [5, 5.41) is 2.67.